The first-order chi connectivity index (χ1) is 5.52. The Kier molecular flexibility index (Phi) is 2.55. The molecule has 0 radical (unpaired) electrons. The first-order valence-electron chi connectivity index (χ1n) is 2.90. The molecule has 0 aromatic heterocycles. The van der Waals surface area contributed by atoms with Gasteiger partial charge in [-0.3, -0.25) is 0 Å². The lowest BCUT2D eigenvalue weighted by Crippen LogP contribution is -2.00. The van der Waals surface area contributed by atoms with Gasteiger partial charge in [0.2, 0.25) is 0 Å². The molecule has 0 bridgehead atoms. The molecule has 0 heterocycles. The lowest BCUT2D eigenvalue weighted by molar-refractivity contribution is 0.0692. The van der Waals surface area contributed by atoms with Gasteiger partial charge in [-0.05, 0) is 12.1 Å². The maximum absolute atomic E-state index is 12.9. The van der Waals surface area contributed by atoms with E-state index in [9.17, 15) is 9.18 Å². The third-order valence-corrected chi connectivity index (χ3v) is 1.72. The number of carboxylic acids is 1. The van der Waals surface area contributed by atoms with Crippen molar-refractivity contribution in [1.82, 2.24) is 0 Å². The molecule has 1 aromatic rings. The first-order valence-corrected chi connectivity index (χ1v) is 3.66. The number of carboxylic acid groups (broad SMARTS) is 1. The van der Waals surface area contributed by atoms with Crippen molar-refractivity contribution in [1.29, 1.82) is 0 Å². The maximum atomic E-state index is 12.9. The van der Waals surface area contributed by atoms with Crippen molar-refractivity contribution in [2.24, 2.45) is 0 Å². The summed E-state index contributed by atoms with van der Waals surface area (Å²) in [5, 5.41) is 8.26. The van der Waals surface area contributed by atoms with Gasteiger partial charge in [0.05, 0.1) is 10.6 Å². The summed E-state index contributed by atoms with van der Waals surface area (Å²) >= 11 is 10.8. The van der Waals surface area contributed by atoms with Crippen molar-refractivity contribution in [3.63, 3.8) is 0 Å². The van der Waals surface area contributed by atoms with Crippen LogP contribution in [0.5, 0.6) is 0 Å². The second kappa shape index (κ2) is 3.29. The molecule has 0 aliphatic rings. The second-order valence-corrected chi connectivity index (χ2v) is 2.90. The molecule has 12 heavy (non-hydrogen) atoms. The highest BCUT2D eigenvalue weighted by Gasteiger charge is 2.14. The van der Waals surface area contributed by atoms with Gasteiger partial charge in [-0.2, -0.15) is 0 Å². The lowest BCUT2D eigenvalue weighted by atomic mass is 10.2. The number of benzene rings is 1. The van der Waals surface area contributed by atoms with Crippen LogP contribution in [0.4, 0.5) is 4.39 Å². The molecule has 5 heteroatoms. The van der Waals surface area contributed by atoms with Crippen LogP contribution in [0.15, 0.2) is 12.1 Å². The fourth-order valence-electron chi connectivity index (χ4n) is 0.712. The predicted molar refractivity (Wildman–Crippen MR) is 43.4 cm³/mol. The minimum absolute atomic E-state index is 0.0961. The third kappa shape index (κ3) is 1.68. The third-order valence-electron chi connectivity index (χ3n) is 1.22. The highest BCUT2D eigenvalue weighted by Crippen LogP contribution is 2.23. The molecule has 0 saturated carbocycles. The summed E-state index contributed by atoms with van der Waals surface area (Å²) in [6.07, 6.45) is 0. The number of rotatable bonds is 1. The Morgan fingerprint density at radius 1 is 1.42 bits per heavy atom. The molecular weight excluding hydrogens is 206 g/mol. The number of hydrogen-bond donors (Lipinski definition) is 1. The van der Waals surface area contributed by atoms with E-state index in [0.717, 1.165) is 12.1 Å². The molecule has 1 rings (SSSR count). The molecule has 0 aliphatic carbocycles. The van der Waals surface area contributed by atoms with E-state index >= 15 is 0 Å². The molecular formula is C7H3Cl2FO2. The van der Waals surface area contributed by atoms with Crippen LogP contribution < -0.4 is 0 Å². The Hall–Kier alpha value is -0.800. The van der Waals surface area contributed by atoms with Crippen molar-refractivity contribution in [3.05, 3.63) is 33.6 Å². The van der Waals surface area contributed by atoms with Crippen LogP contribution in [0.3, 0.4) is 0 Å². The molecule has 0 saturated heterocycles. The van der Waals surface area contributed by atoms with Gasteiger partial charge in [0.1, 0.15) is 0 Å². The quantitative estimate of drug-likeness (QED) is 0.722. The van der Waals surface area contributed by atoms with Crippen LogP contribution in [-0.2, 0) is 0 Å². The van der Waals surface area contributed by atoms with Crippen LogP contribution >= 0.6 is 23.2 Å². The summed E-state index contributed by atoms with van der Waals surface area (Å²) in [5.74, 6) is -2.36. The zero-order valence-corrected chi connectivity index (χ0v) is 7.16. The summed E-state index contributed by atoms with van der Waals surface area (Å²) in [6.45, 7) is 0. The Morgan fingerprint density at radius 3 is 2.50 bits per heavy atom. The van der Waals surface area contributed by atoms with Gasteiger partial charge in [-0.15, -0.1) is 0 Å². The molecule has 2 nitrogen and oxygen atoms in total. The van der Waals surface area contributed by atoms with E-state index in [4.69, 9.17) is 28.3 Å². The topological polar surface area (TPSA) is 37.3 Å². The molecule has 0 spiro atoms. The fourth-order valence-corrected chi connectivity index (χ4v) is 1.21. The molecule has 0 atom stereocenters. The van der Waals surface area contributed by atoms with Gasteiger partial charge in [-0.1, -0.05) is 23.2 Å². The highest BCUT2D eigenvalue weighted by molar-refractivity contribution is 6.35. The SMILES string of the molecule is O=C(O)c1cc(Cl)cc(Cl)c1F. The number of halogens is 3. The van der Waals surface area contributed by atoms with Crippen molar-refractivity contribution in [2.45, 2.75) is 0 Å². The van der Waals surface area contributed by atoms with Crippen molar-refractivity contribution in [2.75, 3.05) is 0 Å². The van der Waals surface area contributed by atoms with E-state index in [1.165, 1.54) is 0 Å². The monoisotopic (exact) mass is 208 g/mol. The van der Waals surface area contributed by atoms with Crippen molar-refractivity contribution in [3.8, 4) is 0 Å². The van der Waals surface area contributed by atoms with Crippen LogP contribution in [-0.4, -0.2) is 11.1 Å². The molecule has 1 N–H and O–H groups in total. The molecule has 0 unspecified atom stereocenters. The van der Waals surface area contributed by atoms with E-state index in [0.29, 0.717) is 0 Å². The summed E-state index contributed by atoms with van der Waals surface area (Å²) in [4.78, 5) is 10.4. The molecule has 64 valence electrons. The van der Waals surface area contributed by atoms with Gasteiger partial charge in [0, 0.05) is 5.02 Å². The minimum Gasteiger partial charge on any atom is -0.478 e. The summed E-state index contributed by atoms with van der Waals surface area (Å²) in [6, 6.07) is 2.15. The Bertz CT molecular complexity index is 338. The average Bonchev–Trinajstić information content (AvgIpc) is 1.96. The smallest absolute Gasteiger partial charge is 0.338 e. The number of carbonyl (C=O) groups is 1. The predicted octanol–water partition coefficient (Wildman–Crippen LogP) is 2.83. The summed E-state index contributed by atoms with van der Waals surface area (Å²) in [5.41, 5.74) is -0.521. The minimum atomic E-state index is -1.39. The van der Waals surface area contributed by atoms with E-state index in [2.05, 4.69) is 0 Å². The van der Waals surface area contributed by atoms with E-state index in [1.807, 2.05) is 0 Å². The summed E-state index contributed by atoms with van der Waals surface area (Å²) in [7, 11) is 0. The second-order valence-electron chi connectivity index (χ2n) is 2.05. The van der Waals surface area contributed by atoms with Crippen molar-refractivity contribution < 1.29 is 14.3 Å². The normalized spacial score (nSPS) is 9.92. The molecule has 0 fully saturated rings. The Morgan fingerprint density at radius 2 is 2.00 bits per heavy atom. The van der Waals surface area contributed by atoms with Gasteiger partial charge in [0.25, 0.3) is 0 Å². The molecule has 0 aliphatic heterocycles. The Labute approximate surface area is 77.5 Å². The maximum Gasteiger partial charge on any atom is 0.338 e. The van der Waals surface area contributed by atoms with Gasteiger partial charge in [-0.25, -0.2) is 9.18 Å². The Balaban J connectivity index is 3.37. The van der Waals surface area contributed by atoms with Crippen LogP contribution in [0, 0.1) is 5.82 Å². The van der Waals surface area contributed by atoms with Gasteiger partial charge in [0.15, 0.2) is 5.82 Å². The van der Waals surface area contributed by atoms with Gasteiger partial charge >= 0.3 is 5.97 Å². The van der Waals surface area contributed by atoms with Crippen LogP contribution in [0.1, 0.15) is 10.4 Å². The summed E-state index contributed by atoms with van der Waals surface area (Å²) < 4.78 is 12.9. The zero-order valence-electron chi connectivity index (χ0n) is 5.64. The van der Waals surface area contributed by atoms with Gasteiger partial charge < -0.3 is 5.11 Å². The zero-order chi connectivity index (χ0) is 9.30. The fraction of sp³-hybridized carbons (Fsp3) is 0. The van der Waals surface area contributed by atoms with Crippen LogP contribution in [0.2, 0.25) is 10.0 Å². The van der Waals surface area contributed by atoms with E-state index in [-0.39, 0.29) is 10.0 Å². The van der Waals surface area contributed by atoms with E-state index < -0.39 is 17.3 Å². The van der Waals surface area contributed by atoms with Crippen molar-refractivity contribution >= 4 is 29.2 Å². The van der Waals surface area contributed by atoms with Crippen LogP contribution in [0.25, 0.3) is 0 Å². The first kappa shape index (κ1) is 9.29. The standard InChI is InChI=1S/C7H3Cl2FO2/c8-3-1-4(7(11)12)6(10)5(9)2-3/h1-2H,(H,11,12). The lowest BCUT2D eigenvalue weighted by Gasteiger charge is -1.99. The molecule has 1 aromatic carbocycles. The highest BCUT2D eigenvalue weighted by atomic mass is 35.5. The largest absolute Gasteiger partial charge is 0.478 e. The number of aromatic carboxylic acids is 1. The molecule has 0 amide bonds. The number of hydrogen-bond acceptors (Lipinski definition) is 1. The average molecular weight is 209 g/mol. The van der Waals surface area contributed by atoms with E-state index in [1.54, 1.807) is 0 Å².